The summed E-state index contributed by atoms with van der Waals surface area (Å²) in [5.74, 6) is 1.94. The molecular formula is C16H25N3S. The molecule has 110 valence electrons. The number of nitrogens with zero attached hydrogens (tertiary/aromatic N) is 3. The third kappa shape index (κ3) is 3.69. The average Bonchev–Trinajstić information content (AvgIpc) is 2.89. The molecule has 4 heteroatoms. The standard InChI is InChI=1S/C16H25N3S/c1-5-6-7-8-9-14-10-11-15(20-14)16-17-12(2)19(4)13(3)18-16/h10-12H,5-9H2,1-4H3. The molecule has 1 unspecified atom stereocenters. The van der Waals surface area contributed by atoms with Crippen LogP contribution in [0.3, 0.4) is 0 Å². The SMILES string of the molecule is CCCCCCc1ccc(C2=NC(C)N(C)C(C)=N2)s1. The Morgan fingerprint density at radius 2 is 2.05 bits per heavy atom. The molecule has 1 aliphatic heterocycles. The first-order chi connectivity index (χ1) is 9.61. The number of aliphatic imine (C=N–C) groups is 2. The molecule has 0 amide bonds. The smallest absolute Gasteiger partial charge is 0.168 e. The monoisotopic (exact) mass is 291 g/mol. The van der Waals surface area contributed by atoms with E-state index in [-0.39, 0.29) is 6.17 Å². The normalized spacial score (nSPS) is 19.0. The molecule has 0 N–H and O–H groups in total. The van der Waals surface area contributed by atoms with Crippen LogP contribution < -0.4 is 0 Å². The van der Waals surface area contributed by atoms with Crippen LogP contribution in [0.5, 0.6) is 0 Å². The Bertz CT molecular complexity index is 502. The van der Waals surface area contributed by atoms with E-state index in [1.54, 1.807) is 0 Å². The number of amidine groups is 2. The first-order valence-electron chi connectivity index (χ1n) is 7.56. The van der Waals surface area contributed by atoms with Gasteiger partial charge >= 0.3 is 0 Å². The molecule has 0 aromatic carbocycles. The quantitative estimate of drug-likeness (QED) is 0.717. The van der Waals surface area contributed by atoms with E-state index in [4.69, 9.17) is 0 Å². The highest BCUT2D eigenvalue weighted by Crippen LogP contribution is 2.22. The highest BCUT2D eigenvalue weighted by Gasteiger charge is 2.18. The number of hydrogen-bond acceptors (Lipinski definition) is 4. The molecule has 2 heterocycles. The number of hydrogen-bond donors (Lipinski definition) is 0. The minimum Gasteiger partial charge on any atom is -0.341 e. The topological polar surface area (TPSA) is 28.0 Å². The third-order valence-corrected chi connectivity index (χ3v) is 4.95. The van der Waals surface area contributed by atoms with Crippen molar-refractivity contribution in [1.29, 1.82) is 0 Å². The van der Waals surface area contributed by atoms with Crippen molar-refractivity contribution < 1.29 is 0 Å². The van der Waals surface area contributed by atoms with Crippen LogP contribution in [0, 0.1) is 0 Å². The second-order valence-electron chi connectivity index (χ2n) is 5.43. The number of unbranched alkanes of at least 4 members (excludes halogenated alkanes) is 3. The van der Waals surface area contributed by atoms with Crippen LogP contribution in [0.25, 0.3) is 0 Å². The molecule has 20 heavy (non-hydrogen) atoms. The van der Waals surface area contributed by atoms with Gasteiger partial charge < -0.3 is 4.90 Å². The Kier molecular flexibility index (Phi) is 5.35. The maximum atomic E-state index is 4.67. The van der Waals surface area contributed by atoms with Crippen LogP contribution in [0.4, 0.5) is 0 Å². The van der Waals surface area contributed by atoms with Crippen molar-refractivity contribution >= 4 is 23.0 Å². The van der Waals surface area contributed by atoms with Gasteiger partial charge in [-0.2, -0.15) is 0 Å². The van der Waals surface area contributed by atoms with Crippen LogP contribution in [0.1, 0.15) is 56.2 Å². The summed E-state index contributed by atoms with van der Waals surface area (Å²) in [6, 6.07) is 4.41. The van der Waals surface area contributed by atoms with Gasteiger partial charge in [0.25, 0.3) is 0 Å². The van der Waals surface area contributed by atoms with Crippen LogP contribution in [0.15, 0.2) is 22.1 Å². The number of aryl methyl sites for hydroxylation is 1. The Labute approximate surface area is 126 Å². The highest BCUT2D eigenvalue weighted by atomic mass is 32.1. The fourth-order valence-corrected chi connectivity index (χ4v) is 3.26. The maximum Gasteiger partial charge on any atom is 0.168 e. The van der Waals surface area contributed by atoms with Crippen LogP contribution in [-0.2, 0) is 6.42 Å². The maximum absolute atomic E-state index is 4.67. The third-order valence-electron chi connectivity index (χ3n) is 3.81. The molecule has 0 saturated carbocycles. The van der Waals surface area contributed by atoms with E-state index < -0.39 is 0 Å². The van der Waals surface area contributed by atoms with E-state index in [9.17, 15) is 0 Å². The van der Waals surface area contributed by atoms with Gasteiger partial charge in [-0.05, 0) is 38.8 Å². The summed E-state index contributed by atoms with van der Waals surface area (Å²) in [5.41, 5.74) is 0. The van der Waals surface area contributed by atoms with E-state index in [1.807, 2.05) is 25.3 Å². The molecule has 0 bridgehead atoms. The minimum absolute atomic E-state index is 0.178. The molecule has 1 aromatic rings. The van der Waals surface area contributed by atoms with E-state index >= 15 is 0 Å². The summed E-state index contributed by atoms with van der Waals surface area (Å²) < 4.78 is 0. The highest BCUT2D eigenvalue weighted by molar-refractivity contribution is 7.14. The molecule has 0 spiro atoms. The lowest BCUT2D eigenvalue weighted by Gasteiger charge is -2.27. The van der Waals surface area contributed by atoms with Crippen LogP contribution in [0.2, 0.25) is 0 Å². The van der Waals surface area contributed by atoms with Gasteiger partial charge in [-0.3, -0.25) is 0 Å². The molecule has 1 atom stereocenters. The van der Waals surface area contributed by atoms with Crippen molar-refractivity contribution in [3.63, 3.8) is 0 Å². The van der Waals surface area contributed by atoms with Gasteiger partial charge in [-0.15, -0.1) is 11.3 Å². The first-order valence-corrected chi connectivity index (χ1v) is 8.38. The molecule has 2 rings (SSSR count). The summed E-state index contributed by atoms with van der Waals surface area (Å²) in [6.07, 6.45) is 6.64. The van der Waals surface area contributed by atoms with Crippen molar-refractivity contribution in [1.82, 2.24) is 4.90 Å². The van der Waals surface area contributed by atoms with E-state index in [0.717, 1.165) is 11.7 Å². The second-order valence-corrected chi connectivity index (χ2v) is 6.60. The van der Waals surface area contributed by atoms with E-state index in [0.29, 0.717) is 0 Å². The van der Waals surface area contributed by atoms with Gasteiger partial charge in [-0.1, -0.05) is 26.2 Å². The van der Waals surface area contributed by atoms with E-state index in [1.165, 1.54) is 41.9 Å². The van der Waals surface area contributed by atoms with Gasteiger partial charge in [0.2, 0.25) is 0 Å². The summed E-state index contributed by atoms with van der Waals surface area (Å²) in [7, 11) is 2.04. The lowest BCUT2D eigenvalue weighted by Crippen LogP contribution is -2.36. The Hall–Kier alpha value is -1.16. The summed E-state index contributed by atoms with van der Waals surface area (Å²) in [5, 5.41) is 0. The first kappa shape index (κ1) is 15.2. The molecule has 0 aliphatic carbocycles. The molecule has 0 saturated heterocycles. The van der Waals surface area contributed by atoms with Gasteiger partial charge in [-0.25, -0.2) is 9.98 Å². The molecule has 0 fully saturated rings. The fraction of sp³-hybridized carbons (Fsp3) is 0.625. The second kappa shape index (κ2) is 7.02. The minimum atomic E-state index is 0.178. The predicted octanol–water partition coefficient (Wildman–Crippen LogP) is 4.33. The number of thiophene rings is 1. The lowest BCUT2D eigenvalue weighted by molar-refractivity contribution is 0.395. The average molecular weight is 291 g/mol. The van der Waals surface area contributed by atoms with Crippen molar-refractivity contribution in [2.45, 2.75) is 59.0 Å². The zero-order chi connectivity index (χ0) is 14.5. The van der Waals surface area contributed by atoms with Crippen molar-refractivity contribution in [3.05, 3.63) is 21.9 Å². The van der Waals surface area contributed by atoms with Crippen LogP contribution >= 0.6 is 11.3 Å². The molecule has 1 aliphatic rings. The largest absolute Gasteiger partial charge is 0.341 e. The predicted molar refractivity (Wildman–Crippen MR) is 89.0 cm³/mol. The lowest BCUT2D eigenvalue weighted by atomic mass is 10.1. The van der Waals surface area contributed by atoms with E-state index in [2.05, 4.69) is 40.9 Å². The van der Waals surface area contributed by atoms with Crippen molar-refractivity contribution in [2.75, 3.05) is 7.05 Å². The number of rotatable bonds is 6. The van der Waals surface area contributed by atoms with Gasteiger partial charge in [0, 0.05) is 11.9 Å². The zero-order valence-electron chi connectivity index (χ0n) is 13.0. The van der Waals surface area contributed by atoms with Gasteiger partial charge in [0.1, 0.15) is 12.0 Å². The Morgan fingerprint density at radius 3 is 2.75 bits per heavy atom. The Balaban J connectivity index is 2.00. The van der Waals surface area contributed by atoms with Crippen molar-refractivity contribution in [2.24, 2.45) is 9.98 Å². The van der Waals surface area contributed by atoms with Crippen LogP contribution in [-0.4, -0.2) is 29.8 Å². The van der Waals surface area contributed by atoms with Crippen molar-refractivity contribution in [3.8, 4) is 0 Å². The fourth-order valence-electron chi connectivity index (χ4n) is 2.27. The molecular weight excluding hydrogens is 266 g/mol. The van der Waals surface area contributed by atoms with Gasteiger partial charge in [0.15, 0.2) is 5.84 Å². The molecule has 0 radical (unpaired) electrons. The summed E-state index contributed by atoms with van der Waals surface area (Å²) in [4.78, 5) is 14.0. The zero-order valence-corrected chi connectivity index (χ0v) is 13.8. The summed E-state index contributed by atoms with van der Waals surface area (Å²) in [6.45, 7) is 6.41. The van der Waals surface area contributed by atoms with Gasteiger partial charge in [0.05, 0.1) is 4.88 Å². The molecule has 1 aromatic heterocycles. The Morgan fingerprint density at radius 1 is 1.25 bits per heavy atom. The molecule has 3 nitrogen and oxygen atoms in total. The summed E-state index contributed by atoms with van der Waals surface area (Å²) >= 11 is 1.85.